The van der Waals surface area contributed by atoms with E-state index in [0.717, 1.165) is 63.7 Å². The highest BCUT2D eigenvalue weighted by Crippen LogP contribution is 2.28. The molecule has 2 fully saturated rings. The Morgan fingerprint density at radius 2 is 1.38 bits per heavy atom. The zero-order valence-corrected chi connectivity index (χ0v) is 22.5. The van der Waals surface area contributed by atoms with Crippen LogP contribution in [-0.4, -0.2) is 82.5 Å². The van der Waals surface area contributed by atoms with Gasteiger partial charge in [0.05, 0.1) is 13.2 Å². The summed E-state index contributed by atoms with van der Waals surface area (Å²) in [5.74, 6) is 1.79. The molecule has 2 saturated heterocycles. The van der Waals surface area contributed by atoms with Gasteiger partial charge in [-0.1, -0.05) is 30.3 Å². The first-order valence-electron chi connectivity index (χ1n) is 13.6. The molecule has 0 bridgehead atoms. The van der Waals surface area contributed by atoms with E-state index in [1.807, 2.05) is 42.5 Å². The first kappa shape index (κ1) is 25.9. The molecule has 2 aromatic heterocycles. The highest BCUT2D eigenvalue weighted by molar-refractivity contribution is 5.60. The molecular formula is C29H33N9O2. The molecule has 0 spiro atoms. The fraction of sp³-hybridized carbons (Fsp3) is 0.345. The van der Waals surface area contributed by atoms with E-state index in [4.69, 9.17) is 4.74 Å². The summed E-state index contributed by atoms with van der Waals surface area (Å²) in [4.78, 5) is 29.1. The van der Waals surface area contributed by atoms with Gasteiger partial charge < -0.3 is 29.9 Å². The lowest BCUT2D eigenvalue weighted by Crippen LogP contribution is -2.47. The van der Waals surface area contributed by atoms with Crippen molar-refractivity contribution in [1.29, 1.82) is 0 Å². The van der Waals surface area contributed by atoms with Gasteiger partial charge in [0.2, 0.25) is 17.8 Å². The van der Waals surface area contributed by atoms with Crippen molar-refractivity contribution in [2.24, 2.45) is 0 Å². The largest absolute Gasteiger partial charge is 0.381 e. The highest BCUT2D eigenvalue weighted by Gasteiger charge is 2.27. The summed E-state index contributed by atoms with van der Waals surface area (Å²) in [6, 6.07) is 17.8. The first-order chi connectivity index (χ1) is 19.6. The van der Waals surface area contributed by atoms with E-state index in [2.05, 4.69) is 57.1 Å². The number of nitrogens with zero attached hydrogens (tertiary/aromatic N) is 8. The molecule has 11 heteroatoms. The van der Waals surface area contributed by atoms with E-state index < -0.39 is 5.60 Å². The van der Waals surface area contributed by atoms with E-state index in [0.29, 0.717) is 23.4 Å². The standard InChI is InChI=1S/C29H33N9O2/c1-29(39,22-5-3-2-4-6-22)23-19-30-27(31-20-23)37-11-13-38(14-12-37)28-33-21-32-26(35-28)34-24-7-9-25(10-8-24)36-15-17-40-18-16-36/h2-10,19-21,39H,11-18H2,1H3,(H,32,33,34,35)/t29-/m0/s1. The summed E-state index contributed by atoms with van der Waals surface area (Å²) >= 11 is 0. The predicted molar refractivity (Wildman–Crippen MR) is 154 cm³/mol. The molecule has 4 heterocycles. The Balaban J connectivity index is 1.05. The molecule has 2 aliphatic rings. The topological polar surface area (TPSA) is 116 Å². The molecule has 2 aliphatic heterocycles. The van der Waals surface area contributed by atoms with Crippen molar-refractivity contribution in [3.8, 4) is 0 Å². The van der Waals surface area contributed by atoms with Gasteiger partial charge in [-0.15, -0.1) is 0 Å². The van der Waals surface area contributed by atoms with Gasteiger partial charge in [-0.05, 0) is 36.8 Å². The van der Waals surface area contributed by atoms with E-state index >= 15 is 0 Å². The number of anilines is 5. The number of nitrogens with one attached hydrogen (secondary N) is 1. The Bertz CT molecular complexity index is 1390. The normalized spacial score (nSPS) is 17.4. The van der Waals surface area contributed by atoms with Crippen LogP contribution in [0, 0.1) is 0 Å². The van der Waals surface area contributed by atoms with Gasteiger partial charge in [-0.3, -0.25) is 0 Å². The fourth-order valence-electron chi connectivity index (χ4n) is 4.98. The molecule has 206 valence electrons. The molecule has 0 saturated carbocycles. The third-order valence-electron chi connectivity index (χ3n) is 7.44. The van der Waals surface area contributed by atoms with Crippen molar-refractivity contribution in [2.45, 2.75) is 12.5 Å². The van der Waals surface area contributed by atoms with Gasteiger partial charge >= 0.3 is 0 Å². The quantitative estimate of drug-likeness (QED) is 0.361. The van der Waals surface area contributed by atoms with Gasteiger partial charge in [-0.2, -0.15) is 4.98 Å². The molecule has 40 heavy (non-hydrogen) atoms. The molecule has 1 atom stereocenters. The van der Waals surface area contributed by atoms with Crippen LogP contribution in [0.4, 0.5) is 29.2 Å². The lowest BCUT2D eigenvalue weighted by molar-refractivity contribution is 0.101. The molecule has 0 unspecified atom stereocenters. The number of benzene rings is 2. The molecule has 2 N–H and O–H groups in total. The third kappa shape index (κ3) is 5.65. The minimum absolute atomic E-state index is 0.510. The predicted octanol–water partition coefficient (Wildman–Crippen LogP) is 2.82. The van der Waals surface area contributed by atoms with Crippen LogP contribution in [0.3, 0.4) is 0 Å². The Morgan fingerprint density at radius 1 is 0.725 bits per heavy atom. The monoisotopic (exact) mass is 539 g/mol. The number of aromatic nitrogens is 5. The van der Waals surface area contributed by atoms with E-state index in [9.17, 15) is 5.11 Å². The van der Waals surface area contributed by atoms with E-state index in [-0.39, 0.29) is 0 Å². The van der Waals surface area contributed by atoms with Crippen LogP contribution in [0.2, 0.25) is 0 Å². The number of aliphatic hydroxyl groups is 1. The SMILES string of the molecule is C[C@](O)(c1ccccc1)c1cnc(N2CCN(c3ncnc(Nc4ccc(N5CCOCC5)cc4)n3)CC2)nc1. The molecule has 6 rings (SSSR count). The molecule has 0 radical (unpaired) electrons. The van der Waals surface area contributed by atoms with Gasteiger partial charge in [-0.25, -0.2) is 19.9 Å². The van der Waals surface area contributed by atoms with Crippen LogP contribution in [0.1, 0.15) is 18.1 Å². The Labute approximate surface area is 233 Å². The number of ether oxygens (including phenoxy) is 1. The van der Waals surface area contributed by atoms with Crippen LogP contribution in [-0.2, 0) is 10.3 Å². The molecule has 2 aromatic carbocycles. The van der Waals surface area contributed by atoms with Crippen LogP contribution < -0.4 is 20.0 Å². The van der Waals surface area contributed by atoms with Gasteiger partial charge in [0.25, 0.3) is 0 Å². The van der Waals surface area contributed by atoms with Crippen molar-refractivity contribution in [3.63, 3.8) is 0 Å². The Kier molecular flexibility index (Phi) is 7.39. The number of morpholine rings is 1. The van der Waals surface area contributed by atoms with Gasteiger partial charge in [0, 0.05) is 68.6 Å². The number of hydrogen-bond donors (Lipinski definition) is 2. The molecule has 4 aromatic rings. The summed E-state index contributed by atoms with van der Waals surface area (Å²) < 4.78 is 5.45. The maximum absolute atomic E-state index is 11.1. The maximum atomic E-state index is 11.1. The van der Waals surface area contributed by atoms with Crippen LogP contribution in [0.25, 0.3) is 0 Å². The third-order valence-corrected chi connectivity index (χ3v) is 7.44. The second-order valence-corrected chi connectivity index (χ2v) is 10.1. The summed E-state index contributed by atoms with van der Waals surface area (Å²) in [7, 11) is 0. The zero-order chi connectivity index (χ0) is 27.4. The van der Waals surface area contributed by atoms with E-state index in [1.165, 1.54) is 5.69 Å². The Hall–Kier alpha value is -4.35. The Morgan fingerprint density at radius 3 is 2.05 bits per heavy atom. The lowest BCUT2D eigenvalue weighted by Gasteiger charge is -2.34. The molecular weight excluding hydrogens is 506 g/mol. The smallest absolute Gasteiger partial charge is 0.231 e. The minimum atomic E-state index is -1.16. The van der Waals surface area contributed by atoms with Crippen molar-refractivity contribution in [1.82, 2.24) is 24.9 Å². The van der Waals surface area contributed by atoms with Crippen molar-refractivity contribution in [2.75, 3.05) is 72.5 Å². The van der Waals surface area contributed by atoms with Crippen LogP contribution in [0.15, 0.2) is 73.3 Å². The average Bonchev–Trinajstić information content (AvgIpc) is 3.03. The molecule has 0 amide bonds. The minimum Gasteiger partial charge on any atom is -0.381 e. The molecule has 11 nitrogen and oxygen atoms in total. The number of piperazine rings is 1. The average molecular weight is 540 g/mol. The summed E-state index contributed by atoms with van der Waals surface area (Å²) in [6.45, 7) is 8.01. The van der Waals surface area contributed by atoms with Crippen molar-refractivity contribution >= 4 is 29.2 Å². The highest BCUT2D eigenvalue weighted by atomic mass is 16.5. The van der Waals surface area contributed by atoms with Crippen molar-refractivity contribution < 1.29 is 9.84 Å². The van der Waals surface area contributed by atoms with Crippen LogP contribution >= 0.6 is 0 Å². The summed E-state index contributed by atoms with van der Waals surface area (Å²) in [5, 5.41) is 14.4. The number of rotatable bonds is 7. The van der Waals surface area contributed by atoms with Crippen LogP contribution in [0.5, 0.6) is 0 Å². The van der Waals surface area contributed by atoms with Gasteiger partial charge in [0.1, 0.15) is 11.9 Å². The molecule has 0 aliphatic carbocycles. The maximum Gasteiger partial charge on any atom is 0.231 e. The van der Waals surface area contributed by atoms with Gasteiger partial charge in [0.15, 0.2) is 0 Å². The fourth-order valence-corrected chi connectivity index (χ4v) is 4.98. The number of hydrogen-bond acceptors (Lipinski definition) is 11. The lowest BCUT2D eigenvalue weighted by atomic mass is 9.90. The van der Waals surface area contributed by atoms with E-state index in [1.54, 1.807) is 25.6 Å². The zero-order valence-electron chi connectivity index (χ0n) is 22.5. The first-order valence-corrected chi connectivity index (χ1v) is 13.6. The second-order valence-electron chi connectivity index (χ2n) is 10.1. The summed E-state index contributed by atoms with van der Waals surface area (Å²) in [5.41, 5.74) is 2.40. The summed E-state index contributed by atoms with van der Waals surface area (Å²) in [6.07, 6.45) is 4.96. The van der Waals surface area contributed by atoms with Crippen molar-refractivity contribution in [3.05, 3.63) is 84.4 Å². The second kappa shape index (κ2) is 11.4.